The third kappa shape index (κ3) is 2.85. The smallest absolute Gasteiger partial charge is 0.0925 e. The number of nitrogens with zero attached hydrogens (tertiary/aromatic N) is 1. The summed E-state index contributed by atoms with van der Waals surface area (Å²) in [6, 6.07) is 0. The average Bonchev–Trinajstić information content (AvgIpc) is 2.65. The Hall–Kier alpha value is -0.830. The predicted molar refractivity (Wildman–Crippen MR) is 66.2 cm³/mol. The summed E-state index contributed by atoms with van der Waals surface area (Å²) in [6.07, 6.45) is 8.75. The summed E-state index contributed by atoms with van der Waals surface area (Å²) in [4.78, 5) is 7.42. The van der Waals surface area contributed by atoms with Crippen molar-refractivity contribution in [1.29, 1.82) is 0 Å². The van der Waals surface area contributed by atoms with Gasteiger partial charge in [-0.25, -0.2) is 4.98 Å². The third-order valence-corrected chi connectivity index (χ3v) is 3.84. The van der Waals surface area contributed by atoms with Crippen LogP contribution in [-0.2, 0) is 6.54 Å². The molecule has 0 radical (unpaired) electrons. The van der Waals surface area contributed by atoms with Gasteiger partial charge >= 0.3 is 0 Å². The van der Waals surface area contributed by atoms with Gasteiger partial charge < -0.3 is 10.3 Å². The Morgan fingerprint density at radius 2 is 2.12 bits per heavy atom. The molecule has 0 spiro atoms. The van der Waals surface area contributed by atoms with Crippen molar-refractivity contribution in [2.45, 2.75) is 52.5 Å². The minimum Gasteiger partial charge on any atom is -0.348 e. The van der Waals surface area contributed by atoms with E-state index in [2.05, 4.69) is 29.1 Å². The van der Waals surface area contributed by atoms with Gasteiger partial charge in [0.05, 0.1) is 12.0 Å². The van der Waals surface area contributed by atoms with Crippen molar-refractivity contribution < 1.29 is 0 Å². The zero-order valence-electron chi connectivity index (χ0n) is 10.5. The maximum Gasteiger partial charge on any atom is 0.0925 e. The highest BCUT2D eigenvalue weighted by Gasteiger charge is 2.26. The van der Waals surface area contributed by atoms with Crippen LogP contribution in [0.25, 0.3) is 0 Å². The third-order valence-electron chi connectivity index (χ3n) is 3.84. The molecule has 90 valence electrons. The molecule has 0 saturated heterocycles. The summed E-state index contributed by atoms with van der Waals surface area (Å²) in [5, 5.41) is 3.56. The Morgan fingerprint density at radius 3 is 2.75 bits per heavy atom. The number of imidazole rings is 1. The van der Waals surface area contributed by atoms with E-state index in [1.54, 1.807) is 6.33 Å². The molecule has 1 aliphatic rings. The zero-order valence-corrected chi connectivity index (χ0v) is 10.5. The lowest BCUT2D eigenvalue weighted by molar-refractivity contribution is 0.207. The van der Waals surface area contributed by atoms with Crippen LogP contribution in [0.1, 0.15) is 50.4 Å². The van der Waals surface area contributed by atoms with Crippen LogP contribution < -0.4 is 5.32 Å². The van der Waals surface area contributed by atoms with E-state index in [4.69, 9.17) is 0 Å². The summed E-state index contributed by atoms with van der Waals surface area (Å²) >= 11 is 0. The minimum absolute atomic E-state index is 0.516. The van der Waals surface area contributed by atoms with Crippen molar-refractivity contribution in [1.82, 2.24) is 15.3 Å². The van der Waals surface area contributed by atoms with Gasteiger partial charge in [0.15, 0.2) is 0 Å². The minimum atomic E-state index is 0.516. The first kappa shape index (κ1) is 11.6. The van der Waals surface area contributed by atoms with Crippen LogP contribution in [0.5, 0.6) is 0 Å². The number of aromatic nitrogens is 2. The molecular formula is C13H23N3. The Bertz CT molecular complexity index is 324. The van der Waals surface area contributed by atoms with E-state index < -0.39 is 0 Å². The molecule has 3 heteroatoms. The molecule has 0 atom stereocenters. The van der Waals surface area contributed by atoms with Crippen LogP contribution in [0.2, 0.25) is 0 Å². The second kappa shape index (κ2) is 5.00. The van der Waals surface area contributed by atoms with Crippen LogP contribution in [0.15, 0.2) is 6.33 Å². The predicted octanol–water partition coefficient (Wildman–Crippen LogP) is 2.78. The summed E-state index contributed by atoms with van der Waals surface area (Å²) in [5.74, 6) is 0. The molecule has 16 heavy (non-hydrogen) atoms. The Morgan fingerprint density at radius 1 is 1.38 bits per heavy atom. The normalized spacial score (nSPS) is 19.9. The first-order valence-corrected chi connectivity index (χ1v) is 6.39. The highest BCUT2D eigenvalue weighted by Crippen LogP contribution is 2.34. The van der Waals surface area contributed by atoms with Gasteiger partial charge in [0.1, 0.15) is 0 Å². The van der Waals surface area contributed by atoms with Crippen molar-refractivity contribution >= 4 is 0 Å². The van der Waals surface area contributed by atoms with Crippen LogP contribution in [0.4, 0.5) is 0 Å². The molecule has 1 aliphatic carbocycles. The summed E-state index contributed by atoms with van der Waals surface area (Å²) in [6.45, 7) is 6.51. The number of nitrogens with one attached hydrogen (secondary N) is 2. The lowest BCUT2D eigenvalue weighted by Gasteiger charge is -2.33. The van der Waals surface area contributed by atoms with E-state index in [0.717, 1.165) is 18.8 Å². The highest BCUT2D eigenvalue weighted by molar-refractivity contribution is 5.08. The second-order valence-corrected chi connectivity index (χ2v) is 5.45. The molecule has 0 bridgehead atoms. The van der Waals surface area contributed by atoms with Crippen molar-refractivity contribution in [2.24, 2.45) is 5.41 Å². The maximum atomic E-state index is 4.30. The monoisotopic (exact) mass is 221 g/mol. The molecule has 1 fully saturated rings. The molecule has 0 amide bonds. The van der Waals surface area contributed by atoms with Crippen LogP contribution in [0.3, 0.4) is 0 Å². The number of hydrogen-bond acceptors (Lipinski definition) is 2. The van der Waals surface area contributed by atoms with Gasteiger partial charge in [0.25, 0.3) is 0 Å². The number of aryl methyl sites for hydroxylation is 1. The summed E-state index contributed by atoms with van der Waals surface area (Å²) in [5.41, 5.74) is 2.85. The van der Waals surface area contributed by atoms with Gasteiger partial charge in [-0.3, -0.25) is 0 Å². The molecule has 1 heterocycles. The van der Waals surface area contributed by atoms with E-state index in [-0.39, 0.29) is 0 Å². The number of aromatic amines is 1. The first-order chi connectivity index (χ1) is 7.70. The zero-order chi connectivity index (χ0) is 11.4. The van der Waals surface area contributed by atoms with Crippen molar-refractivity contribution in [3.05, 3.63) is 17.7 Å². The molecule has 0 aliphatic heterocycles. The van der Waals surface area contributed by atoms with Crippen LogP contribution >= 0.6 is 0 Å². The van der Waals surface area contributed by atoms with E-state index in [1.807, 2.05) is 0 Å². The van der Waals surface area contributed by atoms with E-state index in [0.29, 0.717) is 5.41 Å². The molecule has 0 unspecified atom stereocenters. The number of hydrogen-bond donors (Lipinski definition) is 2. The Balaban J connectivity index is 1.77. The van der Waals surface area contributed by atoms with E-state index in [9.17, 15) is 0 Å². The molecule has 3 nitrogen and oxygen atoms in total. The molecule has 2 N–H and O–H groups in total. The lowest BCUT2D eigenvalue weighted by Crippen LogP contribution is -2.33. The molecule has 1 saturated carbocycles. The fraction of sp³-hybridized carbons (Fsp3) is 0.769. The summed E-state index contributed by atoms with van der Waals surface area (Å²) in [7, 11) is 0. The van der Waals surface area contributed by atoms with Crippen molar-refractivity contribution in [3.8, 4) is 0 Å². The number of rotatable bonds is 4. The van der Waals surface area contributed by atoms with Crippen LogP contribution in [-0.4, -0.2) is 16.5 Å². The molecule has 1 aromatic heterocycles. The Kier molecular flexibility index (Phi) is 3.64. The number of H-pyrrole nitrogens is 1. The van der Waals surface area contributed by atoms with Gasteiger partial charge in [0.2, 0.25) is 0 Å². The van der Waals surface area contributed by atoms with Crippen LogP contribution in [0, 0.1) is 12.3 Å². The average molecular weight is 221 g/mol. The first-order valence-electron chi connectivity index (χ1n) is 6.39. The quantitative estimate of drug-likeness (QED) is 0.820. The van der Waals surface area contributed by atoms with Crippen molar-refractivity contribution in [3.63, 3.8) is 0 Å². The van der Waals surface area contributed by atoms with E-state index in [1.165, 1.54) is 37.8 Å². The van der Waals surface area contributed by atoms with Gasteiger partial charge in [-0.05, 0) is 25.2 Å². The molecular weight excluding hydrogens is 198 g/mol. The fourth-order valence-corrected chi connectivity index (χ4v) is 2.63. The SMILES string of the molecule is Cc1[nH]cnc1CNCC1(C)CCCCC1. The second-order valence-electron chi connectivity index (χ2n) is 5.45. The summed E-state index contributed by atoms with van der Waals surface area (Å²) < 4.78 is 0. The van der Waals surface area contributed by atoms with Gasteiger partial charge in [-0.1, -0.05) is 26.2 Å². The molecule has 0 aromatic carbocycles. The lowest BCUT2D eigenvalue weighted by atomic mass is 9.76. The van der Waals surface area contributed by atoms with Gasteiger partial charge in [0, 0.05) is 18.8 Å². The molecule has 1 aromatic rings. The van der Waals surface area contributed by atoms with E-state index >= 15 is 0 Å². The largest absolute Gasteiger partial charge is 0.348 e. The van der Waals surface area contributed by atoms with Crippen molar-refractivity contribution in [2.75, 3.05) is 6.54 Å². The topological polar surface area (TPSA) is 40.7 Å². The highest BCUT2D eigenvalue weighted by atomic mass is 14.9. The van der Waals surface area contributed by atoms with Gasteiger partial charge in [-0.15, -0.1) is 0 Å². The molecule has 2 rings (SSSR count). The van der Waals surface area contributed by atoms with Gasteiger partial charge in [-0.2, -0.15) is 0 Å². The fourth-order valence-electron chi connectivity index (χ4n) is 2.63. The maximum absolute atomic E-state index is 4.30. The Labute approximate surface area is 98.1 Å². The standard InChI is InChI=1S/C13H23N3/c1-11-12(16-10-15-11)8-14-9-13(2)6-4-3-5-7-13/h10,14H,3-9H2,1-2H3,(H,15,16).